The molecule has 1 aromatic heterocycles. The number of carbonyl (C=O) groups excluding carboxylic acids is 1. The van der Waals surface area contributed by atoms with Crippen molar-refractivity contribution in [2.75, 3.05) is 11.9 Å². The van der Waals surface area contributed by atoms with Gasteiger partial charge in [0.2, 0.25) is 5.91 Å². The average Bonchev–Trinajstić information content (AvgIpc) is 3.08. The van der Waals surface area contributed by atoms with Crippen molar-refractivity contribution in [3.63, 3.8) is 0 Å². The van der Waals surface area contributed by atoms with Gasteiger partial charge in [-0.05, 0) is 48.9 Å². The van der Waals surface area contributed by atoms with Crippen molar-refractivity contribution in [3.8, 4) is 0 Å². The molecule has 0 fully saturated rings. The third kappa shape index (κ3) is 4.82. The molecule has 3 aromatic rings. The van der Waals surface area contributed by atoms with Crippen LogP contribution >= 0.6 is 22.9 Å². The zero-order valence-electron chi connectivity index (χ0n) is 17.1. The Hall–Kier alpha value is -2.43. The first-order valence-corrected chi connectivity index (χ1v) is 11.6. The summed E-state index contributed by atoms with van der Waals surface area (Å²) < 4.78 is 0. The molecule has 0 bridgehead atoms. The van der Waals surface area contributed by atoms with Crippen LogP contribution in [0.3, 0.4) is 0 Å². The van der Waals surface area contributed by atoms with Gasteiger partial charge in [-0.25, -0.2) is 0 Å². The number of thiophene rings is 1. The maximum Gasteiger partial charge on any atom is 0.246 e. The average molecular weight is 437 g/mol. The second-order valence-electron chi connectivity index (χ2n) is 7.57. The van der Waals surface area contributed by atoms with Gasteiger partial charge in [-0.3, -0.25) is 9.79 Å². The van der Waals surface area contributed by atoms with Crippen LogP contribution in [0.25, 0.3) is 0 Å². The van der Waals surface area contributed by atoms with E-state index in [2.05, 4.69) is 47.6 Å². The van der Waals surface area contributed by atoms with Crippen LogP contribution in [0.4, 0.5) is 5.00 Å². The van der Waals surface area contributed by atoms with E-state index in [-0.39, 0.29) is 12.5 Å². The van der Waals surface area contributed by atoms with Gasteiger partial charge >= 0.3 is 0 Å². The second kappa shape index (κ2) is 9.59. The van der Waals surface area contributed by atoms with Crippen LogP contribution < -0.4 is 5.32 Å². The monoisotopic (exact) mass is 436 g/mol. The number of fused-ring (bicyclic) bond motifs is 1. The number of aryl methyl sites for hydroxylation is 3. The number of aliphatic imine (C=N–C) groups is 1. The first kappa shape index (κ1) is 20.8. The van der Waals surface area contributed by atoms with E-state index in [1.165, 1.54) is 28.8 Å². The number of nitrogens with one attached hydrogen (secondary N) is 1. The third-order valence-electron chi connectivity index (χ3n) is 5.27. The quantitative estimate of drug-likeness (QED) is 0.462. The maximum absolute atomic E-state index is 12.2. The van der Waals surface area contributed by atoms with E-state index < -0.39 is 0 Å². The Kier molecular flexibility index (Phi) is 6.66. The minimum atomic E-state index is -0.0877. The van der Waals surface area contributed by atoms with Crippen LogP contribution in [0, 0.1) is 0 Å². The molecule has 2 aromatic carbocycles. The van der Waals surface area contributed by atoms with Crippen LogP contribution in [0.15, 0.2) is 59.6 Å². The zero-order valence-corrected chi connectivity index (χ0v) is 18.7. The minimum absolute atomic E-state index is 0.0877. The van der Waals surface area contributed by atoms with Crippen LogP contribution in [-0.2, 0) is 24.1 Å². The third-order valence-corrected chi connectivity index (χ3v) is 6.71. The number of benzene rings is 2. The highest BCUT2D eigenvalue weighted by molar-refractivity contribution is 7.16. The summed E-state index contributed by atoms with van der Waals surface area (Å²) in [5, 5.41) is 4.52. The summed E-state index contributed by atoms with van der Waals surface area (Å²) in [6.07, 6.45) is 5.49. The lowest BCUT2D eigenvalue weighted by molar-refractivity contribution is -0.114. The van der Waals surface area contributed by atoms with E-state index in [0.717, 1.165) is 41.1 Å². The van der Waals surface area contributed by atoms with E-state index in [4.69, 9.17) is 11.6 Å². The number of anilines is 1. The van der Waals surface area contributed by atoms with Crippen molar-refractivity contribution in [2.45, 2.75) is 39.0 Å². The molecule has 1 N–H and O–H groups in total. The molecule has 0 aliphatic carbocycles. The van der Waals surface area contributed by atoms with E-state index in [1.54, 1.807) is 11.3 Å². The SMILES string of the molecule is CCCCc1cccc(CCc2cc3c(s2)NC(=O)CN=C3c2ccccc2Cl)c1. The molecule has 0 radical (unpaired) electrons. The number of unbranched alkanes of at least 4 members (excludes halogenated alkanes) is 1. The van der Waals surface area contributed by atoms with Gasteiger partial charge in [0, 0.05) is 21.0 Å². The Morgan fingerprint density at radius 2 is 1.80 bits per heavy atom. The first-order valence-electron chi connectivity index (χ1n) is 10.4. The van der Waals surface area contributed by atoms with Gasteiger partial charge in [-0.2, -0.15) is 0 Å². The van der Waals surface area contributed by atoms with E-state index >= 15 is 0 Å². The molecule has 0 atom stereocenters. The van der Waals surface area contributed by atoms with Crippen molar-refractivity contribution < 1.29 is 4.79 Å². The molecule has 30 heavy (non-hydrogen) atoms. The predicted octanol–water partition coefficient (Wildman–Crippen LogP) is 6.32. The van der Waals surface area contributed by atoms with Crippen LogP contribution in [0.2, 0.25) is 5.02 Å². The molecule has 3 nitrogen and oxygen atoms in total. The normalized spacial score (nSPS) is 13.4. The topological polar surface area (TPSA) is 41.5 Å². The van der Waals surface area contributed by atoms with Gasteiger partial charge in [0.05, 0.1) is 5.71 Å². The number of hydrogen-bond acceptors (Lipinski definition) is 3. The molecule has 0 saturated carbocycles. The highest BCUT2D eigenvalue weighted by atomic mass is 35.5. The Balaban J connectivity index is 1.57. The number of halogens is 1. The molecule has 1 amide bonds. The number of rotatable bonds is 7. The number of nitrogens with zero attached hydrogens (tertiary/aromatic N) is 1. The summed E-state index contributed by atoms with van der Waals surface area (Å²) in [5.41, 5.74) is 5.39. The lowest BCUT2D eigenvalue weighted by atomic mass is 10.0. The lowest BCUT2D eigenvalue weighted by Crippen LogP contribution is -2.12. The highest BCUT2D eigenvalue weighted by Crippen LogP contribution is 2.34. The number of carbonyl (C=O) groups is 1. The summed E-state index contributed by atoms with van der Waals surface area (Å²) in [5.74, 6) is -0.0877. The Morgan fingerprint density at radius 3 is 2.60 bits per heavy atom. The number of hydrogen-bond donors (Lipinski definition) is 1. The van der Waals surface area contributed by atoms with Gasteiger partial charge in [0.25, 0.3) is 0 Å². The predicted molar refractivity (Wildman–Crippen MR) is 127 cm³/mol. The molecule has 0 unspecified atom stereocenters. The molecular weight excluding hydrogens is 412 g/mol. The summed E-state index contributed by atoms with van der Waals surface area (Å²) in [4.78, 5) is 18.0. The van der Waals surface area contributed by atoms with E-state index in [9.17, 15) is 4.79 Å². The molecule has 1 aliphatic heterocycles. The Bertz CT molecular complexity index is 1090. The fraction of sp³-hybridized carbons (Fsp3) is 0.280. The molecule has 154 valence electrons. The summed E-state index contributed by atoms with van der Waals surface area (Å²) in [6, 6.07) is 18.7. The fourth-order valence-electron chi connectivity index (χ4n) is 3.71. The van der Waals surface area contributed by atoms with E-state index in [0.29, 0.717) is 5.02 Å². The Morgan fingerprint density at radius 1 is 1.00 bits per heavy atom. The standard InChI is InChI=1S/C25H25ClN2OS/c1-2-3-7-17-8-6-9-18(14-17)12-13-19-15-21-24(20-10-4-5-11-22(20)26)27-16-23(29)28-25(21)30-19/h4-6,8-11,14-15H,2-3,7,12-13,16H2,1H3,(H,28,29). The lowest BCUT2D eigenvalue weighted by Gasteiger charge is -2.07. The second-order valence-corrected chi connectivity index (χ2v) is 9.12. The van der Waals surface area contributed by atoms with Crippen LogP contribution in [-0.4, -0.2) is 18.2 Å². The van der Waals surface area contributed by atoms with Gasteiger partial charge in [-0.1, -0.05) is 67.4 Å². The van der Waals surface area contributed by atoms with Gasteiger partial charge < -0.3 is 5.32 Å². The van der Waals surface area contributed by atoms with Gasteiger partial charge in [-0.15, -0.1) is 11.3 Å². The van der Waals surface area contributed by atoms with Crippen molar-refractivity contribution in [1.29, 1.82) is 0 Å². The smallest absolute Gasteiger partial charge is 0.246 e. The fourth-order valence-corrected chi connectivity index (χ4v) is 5.01. The zero-order chi connectivity index (χ0) is 20.9. The van der Waals surface area contributed by atoms with Gasteiger partial charge in [0.1, 0.15) is 11.5 Å². The first-order chi connectivity index (χ1) is 14.6. The maximum atomic E-state index is 12.2. The molecule has 2 heterocycles. The van der Waals surface area contributed by atoms with E-state index in [1.807, 2.05) is 24.3 Å². The molecule has 0 saturated heterocycles. The Labute approximate surface area is 186 Å². The van der Waals surface area contributed by atoms with Crippen molar-refractivity contribution in [1.82, 2.24) is 0 Å². The molecule has 1 aliphatic rings. The van der Waals surface area contributed by atoms with Crippen molar-refractivity contribution in [3.05, 3.63) is 86.8 Å². The van der Waals surface area contributed by atoms with Crippen LogP contribution in [0.1, 0.15) is 46.9 Å². The highest BCUT2D eigenvalue weighted by Gasteiger charge is 2.22. The molecule has 0 spiro atoms. The summed E-state index contributed by atoms with van der Waals surface area (Å²) >= 11 is 8.07. The number of amides is 1. The summed E-state index contributed by atoms with van der Waals surface area (Å²) in [7, 11) is 0. The van der Waals surface area contributed by atoms with Crippen molar-refractivity contribution in [2.24, 2.45) is 4.99 Å². The molecule has 4 rings (SSSR count). The molecule has 5 heteroatoms. The largest absolute Gasteiger partial charge is 0.316 e. The van der Waals surface area contributed by atoms with Crippen molar-refractivity contribution >= 4 is 39.6 Å². The minimum Gasteiger partial charge on any atom is -0.316 e. The molecular formula is C25H25ClN2OS. The van der Waals surface area contributed by atoms with Gasteiger partial charge in [0.15, 0.2) is 0 Å². The van der Waals surface area contributed by atoms with Crippen LogP contribution in [0.5, 0.6) is 0 Å². The summed E-state index contributed by atoms with van der Waals surface area (Å²) in [6.45, 7) is 2.34.